The molecule has 1 aliphatic rings. The van der Waals surface area contributed by atoms with E-state index >= 15 is 0 Å². The third-order valence-electron chi connectivity index (χ3n) is 3.99. The molecule has 0 aliphatic carbocycles. The van der Waals surface area contributed by atoms with Crippen LogP contribution in [0.3, 0.4) is 0 Å². The number of ether oxygens (including phenoxy) is 1. The molecular formula is C15H18N2O3. The summed E-state index contributed by atoms with van der Waals surface area (Å²) in [6, 6.07) is 1.66. The maximum Gasteiger partial charge on any atom is 0.231 e. The van der Waals surface area contributed by atoms with Crippen LogP contribution in [0.1, 0.15) is 44.1 Å². The number of hydrogen-bond acceptors (Lipinski definition) is 4. The summed E-state index contributed by atoms with van der Waals surface area (Å²) in [5.41, 5.74) is 4.70. The highest BCUT2D eigenvalue weighted by Gasteiger charge is 2.44. The van der Waals surface area contributed by atoms with Crippen LogP contribution in [0.15, 0.2) is 6.07 Å². The lowest BCUT2D eigenvalue weighted by Gasteiger charge is -2.24. The van der Waals surface area contributed by atoms with Gasteiger partial charge in [-0.05, 0) is 32.3 Å². The molecule has 2 atom stereocenters. The molecule has 2 rings (SSSR count). The van der Waals surface area contributed by atoms with E-state index in [1.807, 2.05) is 6.92 Å². The monoisotopic (exact) mass is 274 g/mol. The van der Waals surface area contributed by atoms with Gasteiger partial charge in [-0.1, -0.05) is 6.92 Å². The van der Waals surface area contributed by atoms with Crippen molar-refractivity contribution in [3.63, 3.8) is 0 Å². The number of fused-ring (bicyclic) bond motifs is 1. The number of aromatic nitrogens is 1. The molecule has 1 amide bonds. The number of carbonyl (C=O) groups is 1. The van der Waals surface area contributed by atoms with Gasteiger partial charge in [-0.15, -0.1) is 6.42 Å². The Bertz CT molecular complexity index is 616. The highest BCUT2D eigenvalue weighted by Crippen LogP contribution is 2.42. The summed E-state index contributed by atoms with van der Waals surface area (Å²) in [7, 11) is 0. The molecule has 0 fully saturated rings. The Balaban J connectivity index is 2.71. The van der Waals surface area contributed by atoms with Crippen molar-refractivity contribution in [2.24, 2.45) is 5.73 Å². The molecule has 5 nitrogen and oxygen atoms in total. The van der Waals surface area contributed by atoms with Crippen molar-refractivity contribution in [1.29, 1.82) is 0 Å². The van der Waals surface area contributed by atoms with Crippen molar-refractivity contribution in [3.8, 4) is 18.1 Å². The quantitative estimate of drug-likeness (QED) is 0.799. The van der Waals surface area contributed by atoms with Crippen molar-refractivity contribution in [1.82, 2.24) is 4.98 Å². The fourth-order valence-electron chi connectivity index (χ4n) is 2.14. The van der Waals surface area contributed by atoms with Gasteiger partial charge in [0.05, 0.1) is 5.69 Å². The second-order valence-corrected chi connectivity index (χ2v) is 5.49. The fourth-order valence-corrected chi connectivity index (χ4v) is 2.14. The van der Waals surface area contributed by atoms with Crippen molar-refractivity contribution >= 4 is 5.91 Å². The Morgan fingerprint density at radius 3 is 2.90 bits per heavy atom. The highest BCUT2D eigenvalue weighted by atomic mass is 16.5. The first-order valence-corrected chi connectivity index (χ1v) is 6.44. The van der Waals surface area contributed by atoms with Crippen LogP contribution in [0.2, 0.25) is 0 Å². The second kappa shape index (κ2) is 4.50. The SMILES string of the molecule is C#Cc1nc([C@@](C)(O)CC)cc2c1OC[C@]2(C)C(N)=O. The van der Waals surface area contributed by atoms with Gasteiger partial charge in [0.25, 0.3) is 0 Å². The largest absolute Gasteiger partial charge is 0.489 e. The van der Waals surface area contributed by atoms with Crippen molar-refractivity contribution < 1.29 is 14.6 Å². The van der Waals surface area contributed by atoms with Crippen molar-refractivity contribution in [3.05, 3.63) is 23.0 Å². The lowest BCUT2D eigenvalue weighted by molar-refractivity contribution is -0.123. The molecule has 20 heavy (non-hydrogen) atoms. The molecule has 0 radical (unpaired) electrons. The van der Waals surface area contributed by atoms with Gasteiger partial charge in [-0.25, -0.2) is 4.98 Å². The van der Waals surface area contributed by atoms with Crippen LogP contribution >= 0.6 is 0 Å². The third-order valence-corrected chi connectivity index (χ3v) is 3.99. The van der Waals surface area contributed by atoms with Gasteiger partial charge in [-0.2, -0.15) is 0 Å². The number of pyridine rings is 1. The molecule has 106 valence electrons. The Morgan fingerprint density at radius 1 is 1.75 bits per heavy atom. The van der Waals surface area contributed by atoms with Gasteiger partial charge in [-0.3, -0.25) is 4.79 Å². The number of terminal acetylenes is 1. The Hall–Kier alpha value is -2.06. The van der Waals surface area contributed by atoms with Crippen molar-refractivity contribution in [2.75, 3.05) is 6.61 Å². The van der Waals surface area contributed by atoms with Gasteiger partial charge < -0.3 is 15.6 Å². The summed E-state index contributed by atoms with van der Waals surface area (Å²) in [6.45, 7) is 5.32. The van der Waals surface area contributed by atoms with E-state index in [-0.39, 0.29) is 12.3 Å². The minimum atomic E-state index is -1.12. The predicted molar refractivity (Wildman–Crippen MR) is 74.1 cm³/mol. The van der Waals surface area contributed by atoms with E-state index in [0.717, 1.165) is 0 Å². The fraction of sp³-hybridized carbons (Fsp3) is 0.467. The van der Waals surface area contributed by atoms with Gasteiger partial charge in [0, 0.05) is 5.56 Å². The van der Waals surface area contributed by atoms with E-state index in [4.69, 9.17) is 16.9 Å². The van der Waals surface area contributed by atoms with Gasteiger partial charge in [0.2, 0.25) is 5.91 Å². The lowest BCUT2D eigenvalue weighted by Crippen LogP contribution is -2.40. The number of amides is 1. The van der Waals surface area contributed by atoms with Crippen LogP contribution in [0.4, 0.5) is 0 Å². The number of nitrogens with zero attached hydrogens (tertiary/aromatic N) is 1. The molecule has 2 heterocycles. The number of rotatable bonds is 3. The molecule has 5 heteroatoms. The smallest absolute Gasteiger partial charge is 0.231 e. The maximum atomic E-state index is 11.7. The zero-order valence-electron chi connectivity index (χ0n) is 11.9. The second-order valence-electron chi connectivity index (χ2n) is 5.49. The van der Waals surface area contributed by atoms with Crippen LogP contribution in [0.5, 0.6) is 5.75 Å². The Kier molecular flexibility index (Phi) is 3.23. The van der Waals surface area contributed by atoms with E-state index in [0.29, 0.717) is 23.4 Å². The van der Waals surface area contributed by atoms with E-state index in [1.54, 1.807) is 19.9 Å². The van der Waals surface area contributed by atoms with Gasteiger partial charge >= 0.3 is 0 Å². The van der Waals surface area contributed by atoms with Crippen LogP contribution in [-0.4, -0.2) is 22.6 Å². The molecule has 0 spiro atoms. The summed E-state index contributed by atoms with van der Waals surface area (Å²) in [5, 5.41) is 10.4. The van der Waals surface area contributed by atoms with Gasteiger partial charge in [0.15, 0.2) is 11.4 Å². The maximum absolute atomic E-state index is 11.7. The summed E-state index contributed by atoms with van der Waals surface area (Å²) in [6.07, 6.45) is 5.92. The zero-order chi connectivity index (χ0) is 15.1. The molecule has 1 aromatic heterocycles. The third kappa shape index (κ3) is 1.93. The summed E-state index contributed by atoms with van der Waals surface area (Å²) < 4.78 is 5.51. The molecule has 1 aromatic rings. The number of nitrogens with two attached hydrogens (primary N) is 1. The zero-order valence-corrected chi connectivity index (χ0v) is 11.9. The van der Waals surface area contributed by atoms with Crippen LogP contribution < -0.4 is 10.5 Å². The first-order chi connectivity index (χ1) is 9.26. The number of aliphatic hydroxyl groups is 1. The van der Waals surface area contributed by atoms with E-state index in [1.165, 1.54) is 0 Å². The van der Waals surface area contributed by atoms with E-state index in [2.05, 4.69) is 10.9 Å². The number of primary amides is 1. The molecule has 0 saturated carbocycles. The summed E-state index contributed by atoms with van der Waals surface area (Å²) in [5.74, 6) is 2.36. The standard InChI is InChI=1S/C15H18N2O3/c1-5-10-12-9(14(3,8-20-12)13(16)18)7-11(17-10)15(4,19)6-2/h1,7,19H,6,8H2,2-4H3,(H2,16,18)/t14-,15-/m0/s1. The first-order valence-electron chi connectivity index (χ1n) is 6.44. The van der Waals surface area contributed by atoms with Crippen LogP contribution in [-0.2, 0) is 15.8 Å². The molecule has 0 aromatic carbocycles. The highest BCUT2D eigenvalue weighted by molar-refractivity contribution is 5.88. The van der Waals surface area contributed by atoms with E-state index in [9.17, 15) is 9.90 Å². The van der Waals surface area contributed by atoms with Gasteiger partial charge in [0.1, 0.15) is 17.6 Å². The topological polar surface area (TPSA) is 85.4 Å². The average Bonchev–Trinajstić information content (AvgIpc) is 2.77. The van der Waals surface area contributed by atoms with Crippen molar-refractivity contribution in [2.45, 2.75) is 38.2 Å². The molecule has 0 bridgehead atoms. The summed E-state index contributed by atoms with van der Waals surface area (Å²) in [4.78, 5) is 16.0. The minimum Gasteiger partial charge on any atom is -0.489 e. The molecule has 3 N–H and O–H groups in total. The Labute approximate surface area is 118 Å². The van der Waals surface area contributed by atoms with Crippen LogP contribution in [0, 0.1) is 12.3 Å². The van der Waals surface area contributed by atoms with E-state index < -0.39 is 16.9 Å². The average molecular weight is 274 g/mol. The summed E-state index contributed by atoms with van der Waals surface area (Å²) >= 11 is 0. The normalized spacial score (nSPS) is 23.4. The minimum absolute atomic E-state index is 0.131. The van der Waals surface area contributed by atoms with Crippen LogP contribution in [0.25, 0.3) is 0 Å². The molecule has 0 saturated heterocycles. The lowest BCUT2D eigenvalue weighted by atomic mass is 9.82. The first kappa shape index (κ1) is 14.4. The number of hydrogen-bond donors (Lipinski definition) is 2. The Morgan fingerprint density at radius 2 is 2.40 bits per heavy atom. The predicted octanol–water partition coefficient (Wildman–Crippen LogP) is 0.816. The molecule has 1 aliphatic heterocycles. The molecular weight excluding hydrogens is 256 g/mol. The number of carbonyl (C=O) groups excluding carboxylic acids is 1. The molecule has 0 unspecified atom stereocenters.